The highest BCUT2D eigenvalue weighted by Gasteiger charge is 2.25. The maximum atomic E-state index is 5.49. The van der Waals surface area contributed by atoms with Crippen molar-refractivity contribution in [1.82, 2.24) is 18.9 Å². The van der Waals surface area contributed by atoms with Crippen LogP contribution in [0, 0.1) is 0 Å². The van der Waals surface area contributed by atoms with Gasteiger partial charge >= 0.3 is 0 Å². The third-order valence-corrected chi connectivity index (χ3v) is 11.0. The smallest absolute Gasteiger partial charge is 0.162 e. The van der Waals surface area contributed by atoms with Crippen LogP contribution in [0.5, 0.6) is 0 Å². The molecule has 0 saturated heterocycles. The summed E-state index contributed by atoms with van der Waals surface area (Å²) >= 11 is 0. The highest BCUT2D eigenvalue weighted by atomic mass is 15.1. The number of benzene rings is 8. The van der Waals surface area contributed by atoms with Gasteiger partial charge in [0.1, 0.15) is 5.82 Å². The van der Waals surface area contributed by atoms with Crippen molar-refractivity contribution in [3.05, 3.63) is 170 Å². The van der Waals surface area contributed by atoms with Gasteiger partial charge in [0.15, 0.2) is 5.82 Å². The number of aromatic nitrogens is 4. The average Bonchev–Trinajstić information content (AvgIpc) is 3.84. The van der Waals surface area contributed by atoms with Crippen LogP contribution in [0.3, 0.4) is 0 Å². The summed E-state index contributed by atoms with van der Waals surface area (Å²) in [5, 5.41) is 11.0. The van der Waals surface area contributed by atoms with Crippen molar-refractivity contribution in [2.45, 2.75) is 0 Å². The zero-order chi connectivity index (χ0) is 33.9. The number of rotatable bonds is 3. The zero-order valence-electron chi connectivity index (χ0n) is 28.0. The maximum absolute atomic E-state index is 5.49. The fourth-order valence-corrected chi connectivity index (χ4v) is 8.73. The minimum Gasteiger partial charge on any atom is -0.308 e. The molecule has 0 aliphatic rings. The summed E-state index contributed by atoms with van der Waals surface area (Å²) in [6, 6.07) is 61.0. The summed E-state index contributed by atoms with van der Waals surface area (Å²) in [6.45, 7) is 0. The van der Waals surface area contributed by atoms with Gasteiger partial charge < -0.3 is 4.40 Å². The van der Waals surface area contributed by atoms with Crippen molar-refractivity contribution in [2.75, 3.05) is 0 Å². The first-order valence-electron chi connectivity index (χ1n) is 17.8. The number of hydrogen-bond acceptors (Lipinski definition) is 2. The fraction of sp³-hybridized carbons (Fsp3) is 0. The van der Waals surface area contributed by atoms with Crippen LogP contribution in [-0.2, 0) is 0 Å². The summed E-state index contributed by atoms with van der Waals surface area (Å²) in [4.78, 5) is 10.6. The second kappa shape index (κ2) is 10.3. The van der Waals surface area contributed by atoms with Crippen LogP contribution in [0.2, 0.25) is 0 Å². The van der Waals surface area contributed by atoms with Gasteiger partial charge in [0.2, 0.25) is 0 Å². The van der Waals surface area contributed by atoms with E-state index in [2.05, 4.69) is 179 Å². The van der Waals surface area contributed by atoms with Crippen molar-refractivity contribution in [1.29, 1.82) is 0 Å². The van der Waals surface area contributed by atoms with Gasteiger partial charge in [-0.2, -0.15) is 0 Å². The SMILES string of the molecule is c1ccc(-c2ccc(-c3nc(-n4c5cc6ccccc6cc5c5c6c7ccccc7n7c8ccccc8c(cc54)c67)c4ccccc4n3)cc2)cc1. The Morgan fingerprint density at radius 1 is 0.365 bits per heavy atom. The van der Waals surface area contributed by atoms with Gasteiger partial charge in [0.25, 0.3) is 0 Å². The molecular formula is C48H28N4. The lowest BCUT2D eigenvalue weighted by Crippen LogP contribution is -2.02. The van der Waals surface area contributed by atoms with Crippen LogP contribution in [0.1, 0.15) is 0 Å². The fourth-order valence-electron chi connectivity index (χ4n) is 8.73. The molecular weight excluding hydrogens is 633 g/mol. The van der Waals surface area contributed by atoms with E-state index in [4.69, 9.17) is 9.97 Å². The van der Waals surface area contributed by atoms with Crippen LogP contribution >= 0.6 is 0 Å². The van der Waals surface area contributed by atoms with Crippen LogP contribution in [0.25, 0.3) is 110 Å². The number of hydrogen-bond donors (Lipinski definition) is 0. The predicted octanol–water partition coefficient (Wildman–Crippen LogP) is 12.4. The Labute approximate surface area is 297 Å². The molecule has 0 unspecified atom stereocenters. The summed E-state index contributed by atoms with van der Waals surface area (Å²) < 4.78 is 4.88. The Kier molecular flexibility index (Phi) is 5.47. The molecule has 4 heteroatoms. The van der Waals surface area contributed by atoms with E-state index in [0.717, 1.165) is 33.3 Å². The van der Waals surface area contributed by atoms with Gasteiger partial charge in [-0.15, -0.1) is 0 Å². The summed E-state index contributed by atoms with van der Waals surface area (Å²) in [7, 11) is 0. The molecule has 12 rings (SSSR count). The first kappa shape index (κ1) is 27.7. The molecule has 0 spiro atoms. The Hall–Kier alpha value is -7.04. The lowest BCUT2D eigenvalue weighted by atomic mass is 10.0. The van der Waals surface area contributed by atoms with Crippen LogP contribution in [0.15, 0.2) is 170 Å². The van der Waals surface area contributed by atoms with E-state index in [9.17, 15) is 0 Å². The second-order valence-corrected chi connectivity index (χ2v) is 13.8. The molecule has 0 fully saturated rings. The van der Waals surface area contributed by atoms with Gasteiger partial charge in [0.05, 0.1) is 33.1 Å². The summed E-state index contributed by atoms with van der Waals surface area (Å²) in [5.41, 5.74) is 10.3. The molecule has 0 amide bonds. The van der Waals surface area contributed by atoms with Crippen LogP contribution in [-0.4, -0.2) is 18.9 Å². The molecule has 4 heterocycles. The molecule has 8 aromatic carbocycles. The first-order valence-corrected chi connectivity index (χ1v) is 17.8. The molecule has 4 aromatic heterocycles. The van der Waals surface area contributed by atoms with E-state index in [-0.39, 0.29) is 0 Å². The molecule has 0 saturated carbocycles. The lowest BCUT2D eigenvalue weighted by Gasteiger charge is -2.13. The summed E-state index contributed by atoms with van der Waals surface area (Å²) in [6.07, 6.45) is 0. The lowest BCUT2D eigenvalue weighted by molar-refractivity contribution is 1.08. The Balaban J connectivity index is 1.25. The molecule has 0 atom stereocenters. The number of nitrogens with zero attached hydrogens (tertiary/aromatic N) is 4. The van der Waals surface area contributed by atoms with E-state index in [1.807, 2.05) is 0 Å². The van der Waals surface area contributed by atoms with Crippen molar-refractivity contribution >= 4 is 81.6 Å². The molecule has 0 bridgehead atoms. The predicted molar refractivity (Wildman–Crippen MR) is 217 cm³/mol. The normalized spacial score (nSPS) is 12.2. The third kappa shape index (κ3) is 3.70. The zero-order valence-corrected chi connectivity index (χ0v) is 28.0. The largest absolute Gasteiger partial charge is 0.308 e. The second-order valence-electron chi connectivity index (χ2n) is 13.8. The van der Waals surface area contributed by atoms with Crippen molar-refractivity contribution in [3.63, 3.8) is 0 Å². The monoisotopic (exact) mass is 660 g/mol. The minimum absolute atomic E-state index is 0.705. The minimum atomic E-state index is 0.705. The summed E-state index contributed by atoms with van der Waals surface area (Å²) in [5.74, 6) is 1.58. The Bertz CT molecular complexity index is 3390. The molecule has 0 aliphatic carbocycles. The van der Waals surface area contributed by atoms with E-state index >= 15 is 0 Å². The van der Waals surface area contributed by atoms with Crippen LogP contribution in [0.4, 0.5) is 0 Å². The van der Waals surface area contributed by atoms with E-state index < -0.39 is 0 Å². The third-order valence-electron chi connectivity index (χ3n) is 11.0. The first-order chi connectivity index (χ1) is 25.8. The highest BCUT2D eigenvalue weighted by Crippen LogP contribution is 2.47. The molecule has 4 nitrogen and oxygen atoms in total. The van der Waals surface area contributed by atoms with Gasteiger partial charge in [-0.25, -0.2) is 9.97 Å². The molecule has 240 valence electrons. The molecule has 0 radical (unpaired) electrons. The van der Waals surface area contributed by atoms with E-state index in [1.54, 1.807) is 0 Å². The van der Waals surface area contributed by atoms with E-state index in [1.165, 1.54) is 70.8 Å². The topological polar surface area (TPSA) is 35.1 Å². The van der Waals surface area contributed by atoms with E-state index in [0.29, 0.717) is 5.82 Å². The Morgan fingerprint density at radius 2 is 0.981 bits per heavy atom. The van der Waals surface area contributed by atoms with Crippen molar-refractivity contribution in [2.24, 2.45) is 0 Å². The van der Waals surface area contributed by atoms with Gasteiger partial charge in [-0.05, 0) is 64.4 Å². The van der Waals surface area contributed by atoms with Gasteiger partial charge in [0, 0.05) is 43.3 Å². The standard InChI is InChI=1S/C48H28N4/c1-2-12-29(13-3-1)30-22-24-31(25-23-30)47-49-39-19-9-6-17-35(39)48(50-47)52-42-27-33-15-5-4-14-32(33)26-38(42)44-43(52)28-37-34-16-7-10-20-40(34)51-41-21-11-8-18-36(41)45(44)46(37)51/h1-28H. The van der Waals surface area contributed by atoms with Crippen molar-refractivity contribution in [3.8, 4) is 28.3 Å². The van der Waals surface area contributed by atoms with Crippen molar-refractivity contribution < 1.29 is 0 Å². The molecule has 0 aliphatic heterocycles. The van der Waals surface area contributed by atoms with Crippen LogP contribution < -0.4 is 0 Å². The van der Waals surface area contributed by atoms with Gasteiger partial charge in [-0.1, -0.05) is 127 Å². The molecule has 52 heavy (non-hydrogen) atoms. The van der Waals surface area contributed by atoms with Gasteiger partial charge in [-0.3, -0.25) is 4.57 Å². The number of fused-ring (bicyclic) bond motifs is 12. The number of para-hydroxylation sites is 3. The highest BCUT2D eigenvalue weighted by molar-refractivity contribution is 6.36. The average molecular weight is 661 g/mol. The maximum Gasteiger partial charge on any atom is 0.162 e. The quantitative estimate of drug-likeness (QED) is 0.189. The molecule has 0 N–H and O–H groups in total. The Morgan fingerprint density at radius 3 is 1.79 bits per heavy atom. The molecule has 12 aromatic rings.